The topological polar surface area (TPSA) is 651 Å². The van der Waals surface area contributed by atoms with Crippen LogP contribution in [0.5, 0.6) is 46.0 Å². The smallest absolute Gasteiger partial charge is 0.330 e. The highest BCUT2D eigenvalue weighted by atomic mass is 35.5. The molecule has 15 rings (SSSR count). The minimum Gasteiger partial charge on any atom is -0.508 e. The van der Waals surface area contributed by atoms with Crippen LogP contribution in [0, 0.1) is 5.92 Å². The van der Waals surface area contributed by atoms with Crippen molar-refractivity contribution < 1.29 is 146 Å². The minimum absolute atomic E-state index is 0. The van der Waals surface area contributed by atoms with E-state index in [1.165, 1.54) is 39.1 Å². The molecule has 0 aliphatic carbocycles. The molecule has 0 radical (unpaired) electrons. The molecule has 8 heterocycles. The van der Waals surface area contributed by atoms with Gasteiger partial charge in [0.25, 0.3) is 0 Å². The van der Waals surface area contributed by atoms with Gasteiger partial charge in [-0.25, -0.2) is 17.9 Å². The molecule has 7 amide bonds. The van der Waals surface area contributed by atoms with Crippen molar-refractivity contribution in [3.63, 3.8) is 0 Å². The van der Waals surface area contributed by atoms with E-state index in [0.717, 1.165) is 77.8 Å². The normalized spacial score (nSPS) is 28.5. The van der Waals surface area contributed by atoms with Crippen LogP contribution in [-0.2, 0) is 72.1 Å². The van der Waals surface area contributed by atoms with Gasteiger partial charge in [0.2, 0.25) is 63.4 Å². The molecule has 8 aliphatic heterocycles. The molecule has 3 saturated heterocycles. The summed E-state index contributed by atoms with van der Waals surface area (Å²) in [5, 5.41) is 161. The lowest BCUT2D eigenvalue weighted by Gasteiger charge is -2.46. The predicted octanol–water partition coefficient (Wildman–Crippen LogP) is 1.53. The van der Waals surface area contributed by atoms with Gasteiger partial charge >= 0.3 is 5.97 Å². The molecule has 7 aromatic carbocycles. The number of nitrogens with two attached hydrogens (primary N) is 2. The molecule has 45 heteroatoms. The van der Waals surface area contributed by atoms with E-state index in [4.69, 9.17) is 72.6 Å². The standard InChI is InChI=1S/C89H108Cl2N12O30S.CH4/c1-37(2)25-50(94-5)80(116)101-68-70(109)40-18-21-55(48(90)27-40)127-57-29-42-30-58(77(57)132-88-75(114)73(112)78(60(36-104)130-88)133-87-74(113)72(111)71(110)59(129-87)35-95-23-9-8-10-24-96-134(124,125)61-16-12-13-44-45(61)14-11-15-52(44)103(6)7)128-56-22-19-41(28-49(56)91)76(131-63-34-89(4,93)79(115)38(3)126-63)69-85(121)100-67(86(122)123)47-31-43(105)32-54(107)64(47)46-26-39(17-20-53(46)106)65(82(118)102-69)99-83(119)66(42)98-81(117)51(33-62(92)108)97-84(68)120;/h11-22,26-32,37-38,50-51,59-60,63,65-76,78-79,87-88,94-96,104-107,109-115H,8-10,23-25,33-36,93H2,1-7H3,(H2,92,108)(H,97,120)(H,98,117)(H,99,119)(H,100,121)(H,101,116)(H,102,118)(H,122,123);1H4/t38-,50+,51-,59+,60+,63?,65+,66+,67+,68+,69-,70+,71-,72-,73+,74+,75+,76+,78+,79-,87-,88-,89-;/m0./s1. The number of benzene rings is 7. The van der Waals surface area contributed by atoms with Crippen molar-refractivity contribution in [3.05, 3.63) is 153 Å². The summed E-state index contributed by atoms with van der Waals surface area (Å²) >= 11 is 14.5. The van der Waals surface area contributed by atoms with E-state index in [2.05, 4.69) is 47.3 Å². The predicted molar refractivity (Wildman–Crippen MR) is 482 cm³/mol. The van der Waals surface area contributed by atoms with E-state index in [-0.39, 0.29) is 61.8 Å². The number of carbonyl (C=O) groups is 8. The number of unbranched alkanes of at least 4 members (excludes halogenated alkanes) is 2. The minimum atomic E-state index is -3.94. The second kappa shape index (κ2) is 43.1. The molecule has 135 heavy (non-hydrogen) atoms. The van der Waals surface area contributed by atoms with Crippen LogP contribution in [0.2, 0.25) is 10.0 Å². The lowest BCUT2D eigenvalue weighted by Crippen LogP contribution is -2.65. The number of carbonyl (C=O) groups excluding carboxylic acids is 7. The number of aliphatic carboxylic acids is 1. The van der Waals surface area contributed by atoms with Gasteiger partial charge in [-0.15, -0.1) is 0 Å². The van der Waals surface area contributed by atoms with Crippen LogP contribution >= 0.6 is 23.2 Å². The fourth-order valence-corrected chi connectivity index (χ4v) is 18.7. The van der Waals surface area contributed by atoms with Gasteiger partial charge in [-0.3, -0.25) is 33.6 Å². The lowest BCUT2D eigenvalue weighted by molar-refractivity contribution is -0.350. The van der Waals surface area contributed by atoms with E-state index >= 15 is 24.0 Å². The van der Waals surface area contributed by atoms with E-state index in [1.807, 2.05) is 31.1 Å². The number of halogens is 2. The third-order valence-corrected chi connectivity index (χ3v) is 26.1. The molecular formula is C90H112Cl2N12O30S. The number of fused-ring (bicyclic) bond motifs is 16. The number of carboxylic acids is 1. The van der Waals surface area contributed by atoms with Crippen LogP contribution in [0.1, 0.15) is 132 Å². The largest absolute Gasteiger partial charge is 0.508 e. The Hall–Kier alpha value is -11.0. The van der Waals surface area contributed by atoms with Gasteiger partial charge < -0.3 is 158 Å². The van der Waals surface area contributed by atoms with Crippen molar-refractivity contribution in [1.82, 2.24) is 47.3 Å². The molecule has 732 valence electrons. The molecule has 11 bridgehead atoms. The number of nitrogens with one attached hydrogen (secondary N) is 9. The first-order valence-electron chi connectivity index (χ1n) is 43.0. The van der Waals surface area contributed by atoms with Crippen LogP contribution in [0.15, 0.2) is 120 Å². The summed E-state index contributed by atoms with van der Waals surface area (Å²) in [7, 11) is 1.23. The number of likely N-dealkylation sites (N-methyl/N-ethyl adjacent to an activating group) is 1. The number of phenolic OH excluding ortho intramolecular Hbond substituents is 3. The summed E-state index contributed by atoms with van der Waals surface area (Å²) in [6.45, 7) is 5.55. The summed E-state index contributed by atoms with van der Waals surface area (Å²) < 4.78 is 81.1. The second-order valence-corrected chi connectivity index (χ2v) is 37.1. The zero-order valence-electron chi connectivity index (χ0n) is 73.3. The van der Waals surface area contributed by atoms with Crippen molar-refractivity contribution in [2.24, 2.45) is 17.4 Å². The highest BCUT2D eigenvalue weighted by molar-refractivity contribution is 7.89. The lowest BCUT2D eigenvalue weighted by atomic mass is 9.86. The van der Waals surface area contributed by atoms with Crippen molar-refractivity contribution in [1.29, 1.82) is 0 Å². The van der Waals surface area contributed by atoms with Gasteiger partial charge in [-0.1, -0.05) is 93.4 Å². The Morgan fingerprint density at radius 3 is 1.93 bits per heavy atom. The first-order chi connectivity index (χ1) is 63.4. The number of carboxylic acid groups (broad SMARTS) is 1. The monoisotopic (exact) mass is 1940 g/mol. The van der Waals surface area contributed by atoms with Crippen molar-refractivity contribution in [2.75, 3.05) is 52.3 Å². The Morgan fingerprint density at radius 2 is 1.28 bits per heavy atom. The first kappa shape index (κ1) is 103. The summed E-state index contributed by atoms with van der Waals surface area (Å²) in [5.74, 6) is -16.8. The average molecular weight is 1940 g/mol. The summed E-state index contributed by atoms with van der Waals surface area (Å²) in [6, 6.07) is 9.26. The molecule has 0 saturated carbocycles. The molecule has 23 atom stereocenters. The van der Waals surface area contributed by atoms with Crippen LogP contribution in [0.3, 0.4) is 0 Å². The number of anilines is 1. The third kappa shape index (κ3) is 22.8. The quantitative estimate of drug-likeness (QED) is 0.0342. The maximum atomic E-state index is 16.5. The number of amides is 7. The van der Waals surface area contributed by atoms with Gasteiger partial charge in [0.1, 0.15) is 120 Å². The molecule has 25 N–H and O–H groups in total. The Kier molecular flexibility index (Phi) is 32.9. The second-order valence-electron chi connectivity index (χ2n) is 34.5. The third-order valence-electron chi connectivity index (χ3n) is 24.0. The highest BCUT2D eigenvalue weighted by Crippen LogP contribution is 2.51. The van der Waals surface area contributed by atoms with E-state index in [1.54, 1.807) is 32.0 Å². The number of sulfonamides is 1. The zero-order chi connectivity index (χ0) is 97.1. The number of aliphatic hydroxyl groups is 8. The summed E-state index contributed by atoms with van der Waals surface area (Å²) in [6.07, 6.45) is -28.1. The van der Waals surface area contributed by atoms with Crippen LogP contribution in [-0.4, -0.2) is 274 Å². The Morgan fingerprint density at radius 1 is 0.659 bits per heavy atom. The Labute approximate surface area is 784 Å². The number of ether oxygens (including phenoxy) is 8. The fraction of sp³-hybridized carbons (Fsp3) is 0.467. The number of hydrogen-bond donors (Lipinski definition) is 23. The number of rotatable bonds is 26. The number of primary amides is 1. The van der Waals surface area contributed by atoms with Crippen molar-refractivity contribution >= 4 is 97.0 Å². The molecule has 3 fully saturated rings. The number of nitrogens with zero attached hydrogens (tertiary/aromatic N) is 1. The zero-order valence-corrected chi connectivity index (χ0v) is 75.6. The van der Waals surface area contributed by atoms with Crippen molar-refractivity contribution in [2.45, 2.75) is 218 Å². The number of hydrogen-bond acceptors (Lipinski definition) is 33. The van der Waals surface area contributed by atoms with Crippen LogP contribution in [0.4, 0.5) is 5.69 Å². The van der Waals surface area contributed by atoms with Crippen LogP contribution < -0.4 is 77.8 Å². The molecular weight excluding hydrogens is 1830 g/mol. The number of phenols is 3. The van der Waals surface area contributed by atoms with Gasteiger partial charge in [0, 0.05) is 78.4 Å². The molecule has 42 nitrogen and oxygen atoms in total. The molecule has 7 aromatic rings. The maximum Gasteiger partial charge on any atom is 0.330 e. The maximum absolute atomic E-state index is 16.5. The molecule has 1 unspecified atom stereocenters. The molecule has 0 spiro atoms. The van der Waals surface area contributed by atoms with E-state index in [9.17, 15) is 84.1 Å². The van der Waals surface area contributed by atoms with Crippen LogP contribution in [0.25, 0.3) is 21.9 Å². The Bertz CT molecular complexity index is 5690. The van der Waals surface area contributed by atoms with E-state index < -0.39 is 294 Å². The SMILES string of the molecule is C.CN[C@H](CC(C)C)C(=O)N[C@H]1C(=O)N[C@@H](CC(N)=O)C(=O)N[C@H]2C(=O)N[C@H]3C(=O)N[C@H](C(=O)N[C@@H](C(=O)O)c4cc(O)cc(O)c4-c4cc3ccc4O)[C@H](OC3C[C@](C)(N)[C@@H](O)[C@H](C)O3)c3ccc(c(Cl)c3)Oc3cc2cc(c3O[C@@H]2O[C@H](CO)[C@@H](O[C@@H]3O[C@H](CNCCCCCNS(=O)(=O)c4cccc5c(N(C)C)cccc45)[C@H](O)[C@H](O)[C@H]3O)[C@H](O)[C@H]2O)Oc2ccc(cc2Cl)[C@H]1O. The van der Waals surface area contributed by atoms with Gasteiger partial charge in [0.05, 0.1) is 46.2 Å². The van der Waals surface area contributed by atoms with Gasteiger partial charge in [-0.2, -0.15) is 0 Å². The summed E-state index contributed by atoms with van der Waals surface area (Å²) in [5.41, 5.74) is 8.77. The molecule has 0 aromatic heterocycles. The van der Waals surface area contributed by atoms with E-state index in [0.29, 0.717) is 24.6 Å². The first-order valence-corrected chi connectivity index (χ1v) is 45.2. The molecule has 8 aliphatic rings. The van der Waals surface area contributed by atoms with Gasteiger partial charge in [-0.05, 0) is 142 Å². The highest BCUT2D eigenvalue weighted by Gasteiger charge is 2.53. The average Bonchev–Trinajstić information content (AvgIpc) is 0.749. The number of aromatic hydroxyl groups is 3. The summed E-state index contributed by atoms with van der Waals surface area (Å²) in [4.78, 5) is 122. The fourth-order valence-electron chi connectivity index (χ4n) is 17.0. The van der Waals surface area contributed by atoms with Gasteiger partial charge in [0.15, 0.2) is 30.1 Å². The number of aliphatic hydroxyl groups excluding tert-OH is 8. The Balaban J connectivity index is 0.0000164. The van der Waals surface area contributed by atoms with Crippen molar-refractivity contribution in [3.8, 4) is 57.1 Å².